The Morgan fingerprint density at radius 1 is 1.31 bits per heavy atom. The molecule has 0 aliphatic carbocycles. The van der Waals surface area contributed by atoms with Crippen LogP contribution in [-0.2, 0) is 4.74 Å². The molecule has 3 atom stereocenters. The Morgan fingerprint density at radius 3 is 2.69 bits per heavy atom. The molecule has 2 bridgehead atoms. The molecule has 0 amide bonds. The van der Waals surface area contributed by atoms with Gasteiger partial charge in [-0.15, -0.1) is 0 Å². The van der Waals surface area contributed by atoms with Crippen LogP contribution in [-0.4, -0.2) is 16.8 Å². The Balaban J connectivity index is 1.93. The standard InChI is InChI=1S/C12H16N2O2/c13-11-2-1-5-14(12(11)15)8-6-9-3-4-10(7-8)16-9/h1-2,5,8-10H,3-4,6-7,13H2/t8?,9-,10+. The van der Waals surface area contributed by atoms with Gasteiger partial charge in [0.2, 0.25) is 0 Å². The summed E-state index contributed by atoms with van der Waals surface area (Å²) < 4.78 is 7.55. The lowest BCUT2D eigenvalue weighted by Gasteiger charge is -2.29. The molecule has 2 aliphatic rings. The molecule has 0 aromatic carbocycles. The number of nitrogens with zero attached hydrogens (tertiary/aromatic N) is 1. The van der Waals surface area contributed by atoms with Crippen LogP contribution in [0, 0.1) is 0 Å². The van der Waals surface area contributed by atoms with Crippen molar-refractivity contribution in [3.8, 4) is 0 Å². The van der Waals surface area contributed by atoms with Crippen molar-refractivity contribution in [3.05, 3.63) is 28.7 Å². The minimum Gasteiger partial charge on any atom is -0.394 e. The number of pyridine rings is 1. The van der Waals surface area contributed by atoms with E-state index in [9.17, 15) is 4.79 Å². The van der Waals surface area contributed by atoms with Gasteiger partial charge in [-0.2, -0.15) is 0 Å². The first-order valence-corrected chi connectivity index (χ1v) is 5.86. The topological polar surface area (TPSA) is 57.2 Å². The van der Waals surface area contributed by atoms with E-state index in [2.05, 4.69) is 0 Å². The minimum absolute atomic E-state index is 0.0613. The number of nitrogens with two attached hydrogens (primary N) is 1. The summed E-state index contributed by atoms with van der Waals surface area (Å²) in [4.78, 5) is 11.9. The molecule has 2 aliphatic heterocycles. The lowest BCUT2D eigenvalue weighted by atomic mass is 10.0. The first-order chi connectivity index (χ1) is 7.74. The molecule has 16 heavy (non-hydrogen) atoms. The van der Waals surface area contributed by atoms with E-state index in [1.165, 1.54) is 0 Å². The average molecular weight is 220 g/mol. The number of fused-ring (bicyclic) bond motifs is 2. The maximum atomic E-state index is 11.9. The molecule has 2 saturated heterocycles. The summed E-state index contributed by atoms with van der Waals surface area (Å²) >= 11 is 0. The summed E-state index contributed by atoms with van der Waals surface area (Å²) in [5.41, 5.74) is 5.92. The zero-order chi connectivity index (χ0) is 11.1. The highest BCUT2D eigenvalue weighted by Crippen LogP contribution is 2.37. The molecule has 1 unspecified atom stereocenters. The Kier molecular flexibility index (Phi) is 2.24. The molecule has 1 aromatic rings. The first-order valence-electron chi connectivity index (χ1n) is 5.86. The van der Waals surface area contributed by atoms with E-state index >= 15 is 0 Å². The third kappa shape index (κ3) is 1.53. The monoisotopic (exact) mass is 220 g/mol. The first kappa shape index (κ1) is 9.90. The molecule has 2 N–H and O–H groups in total. The Bertz CT molecular complexity index is 443. The zero-order valence-corrected chi connectivity index (χ0v) is 9.13. The molecular formula is C12H16N2O2. The van der Waals surface area contributed by atoms with E-state index in [4.69, 9.17) is 10.5 Å². The van der Waals surface area contributed by atoms with Crippen LogP contribution >= 0.6 is 0 Å². The number of hydrogen-bond acceptors (Lipinski definition) is 3. The molecule has 4 nitrogen and oxygen atoms in total. The third-order valence-electron chi connectivity index (χ3n) is 3.66. The normalized spacial score (nSPS) is 32.9. The van der Waals surface area contributed by atoms with Crippen molar-refractivity contribution in [2.24, 2.45) is 0 Å². The summed E-state index contributed by atoms with van der Waals surface area (Å²) in [6.07, 6.45) is 6.69. The maximum Gasteiger partial charge on any atom is 0.273 e. The van der Waals surface area contributed by atoms with Crippen LogP contribution in [0.4, 0.5) is 5.69 Å². The zero-order valence-electron chi connectivity index (χ0n) is 9.13. The summed E-state index contributed by atoms with van der Waals surface area (Å²) in [6, 6.07) is 3.77. The van der Waals surface area contributed by atoms with Crippen LogP contribution < -0.4 is 11.3 Å². The Labute approximate surface area is 94.0 Å². The van der Waals surface area contributed by atoms with E-state index in [-0.39, 0.29) is 11.6 Å². The number of anilines is 1. The van der Waals surface area contributed by atoms with Gasteiger partial charge in [-0.05, 0) is 37.8 Å². The highest BCUT2D eigenvalue weighted by atomic mass is 16.5. The largest absolute Gasteiger partial charge is 0.394 e. The molecule has 0 saturated carbocycles. The van der Waals surface area contributed by atoms with Gasteiger partial charge in [0.05, 0.1) is 17.9 Å². The lowest BCUT2D eigenvalue weighted by Crippen LogP contribution is -2.33. The lowest BCUT2D eigenvalue weighted by molar-refractivity contribution is -0.0164. The molecule has 0 spiro atoms. The van der Waals surface area contributed by atoms with Crippen LogP contribution in [0.1, 0.15) is 31.7 Å². The fourth-order valence-electron chi connectivity index (χ4n) is 2.87. The van der Waals surface area contributed by atoms with Gasteiger partial charge in [0.1, 0.15) is 0 Å². The number of rotatable bonds is 1. The van der Waals surface area contributed by atoms with Crippen molar-refractivity contribution in [2.75, 3.05) is 5.73 Å². The van der Waals surface area contributed by atoms with Crippen molar-refractivity contribution in [3.63, 3.8) is 0 Å². The van der Waals surface area contributed by atoms with Crippen LogP contribution in [0.3, 0.4) is 0 Å². The van der Waals surface area contributed by atoms with Crippen molar-refractivity contribution in [1.29, 1.82) is 0 Å². The van der Waals surface area contributed by atoms with E-state index in [1.54, 1.807) is 10.6 Å². The fraction of sp³-hybridized carbons (Fsp3) is 0.583. The molecule has 4 heteroatoms. The smallest absolute Gasteiger partial charge is 0.273 e. The molecule has 2 fully saturated rings. The number of ether oxygens (including phenoxy) is 1. The van der Waals surface area contributed by atoms with E-state index in [0.29, 0.717) is 17.9 Å². The van der Waals surface area contributed by atoms with Gasteiger partial charge in [0.25, 0.3) is 5.56 Å². The van der Waals surface area contributed by atoms with Crippen LogP contribution in [0.25, 0.3) is 0 Å². The van der Waals surface area contributed by atoms with E-state index in [1.807, 2.05) is 12.3 Å². The van der Waals surface area contributed by atoms with Crippen molar-refractivity contribution >= 4 is 5.69 Å². The second-order valence-corrected chi connectivity index (χ2v) is 4.76. The van der Waals surface area contributed by atoms with Crippen LogP contribution in [0.2, 0.25) is 0 Å². The molecule has 3 heterocycles. The minimum atomic E-state index is -0.0613. The van der Waals surface area contributed by atoms with Crippen molar-refractivity contribution in [2.45, 2.75) is 43.9 Å². The Morgan fingerprint density at radius 2 is 2.00 bits per heavy atom. The SMILES string of the molecule is Nc1cccn(C2C[C@H]3CC[C@@H](C2)O3)c1=O. The molecular weight excluding hydrogens is 204 g/mol. The highest BCUT2D eigenvalue weighted by Gasteiger charge is 2.35. The van der Waals surface area contributed by atoms with Gasteiger partial charge in [0, 0.05) is 12.2 Å². The predicted octanol–water partition coefficient (Wildman–Crippen LogP) is 1.31. The number of hydrogen-bond donors (Lipinski definition) is 1. The summed E-state index contributed by atoms with van der Waals surface area (Å²) in [5.74, 6) is 0. The summed E-state index contributed by atoms with van der Waals surface area (Å²) in [7, 11) is 0. The van der Waals surface area contributed by atoms with Gasteiger partial charge < -0.3 is 15.0 Å². The summed E-state index contributed by atoms with van der Waals surface area (Å²) in [5, 5.41) is 0. The predicted molar refractivity (Wildman–Crippen MR) is 61.3 cm³/mol. The molecule has 0 radical (unpaired) electrons. The molecule has 86 valence electrons. The van der Waals surface area contributed by atoms with Gasteiger partial charge in [0.15, 0.2) is 0 Å². The summed E-state index contributed by atoms with van der Waals surface area (Å²) in [6.45, 7) is 0. The van der Waals surface area contributed by atoms with Crippen LogP contribution in [0.15, 0.2) is 23.1 Å². The van der Waals surface area contributed by atoms with Crippen LogP contribution in [0.5, 0.6) is 0 Å². The van der Waals surface area contributed by atoms with Crippen molar-refractivity contribution in [1.82, 2.24) is 4.57 Å². The quantitative estimate of drug-likeness (QED) is 0.776. The van der Waals surface area contributed by atoms with Gasteiger partial charge in [-0.3, -0.25) is 4.79 Å². The second-order valence-electron chi connectivity index (χ2n) is 4.76. The molecule has 1 aromatic heterocycles. The van der Waals surface area contributed by atoms with Gasteiger partial charge >= 0.3 is 0 Å². The van der Waals surface area contributed by atoms with Crippen molar-refractivity contribution < 1.29 is 4.74 Å². The maximum absolute atomic E-state index is 11.9. The number of aromatic nitrogens is 1. The third-order valence-corrected chi connectivity index (χ3v) is 3.66. The van der Waals surface area contributed by atoms with E-state index in [0.717, 1.165) is 25.7 Å². The fourth-order valence-corrected chi connectivity index (χ4v) is 2.87. The highest BCUT2D eigenvalue weighted by molar-refractivity contribution is 5.33. The number of nitrogen functional groups attached to an aromatic ring is 1. The molecule has 3 rings (SSSR count). The average Bonchev–Trinajstić information content (AvgIpc) is 2.62. The van der Waals surface area contributed by atoms with Gasteiger partial charge in [-0.1, -0.05) is 0 Å². The Hall–Kier alpha value is -1.29. The van der Waals surface area contributed by atoms with Gasteiger partial charge in [-0.25, -0.2) is 0 Å². The van der Waals surface area contributed by atoms with E-state index < -0.39 is 0 Å². The second kappa shape index (κ2) is 3.63.